The lowest BCUT2D eigenvalue weighted by Gasteiger charge is -2.26. The molecule has 0 atom stereocenters. The third-order valence-electron chi connectivity index (χ3n) is 11.0. The second kappa shape index (κ2) is 13.0. The van der Waals surface area contributed by atoms with Crippen molar-refractivity contribution in [2.24, 2.45) is 0 Å². The molecule has 10 aromatic rings. The number of para-hydroxylation sites is 3. The van der Waals surface area contributed by atoms with Crippen LogP contribution >= 0.6 is 0 Å². The predicted molar refractivity (Wildman–Crippen MR) is 237 cm³/mol. The molecule has 0 N–H and O–H groups in total. The van der Waals surface area contributed by atoms with Crippen LogP contribution < -0.4 is 10.1 Å². The average molecular weight is 725 g/mol. The maximum absolute atomic E-state index is 6.37. The summed E-state index contributed by atoms with van der Waals surface area (Å²) in [6.45, 7) is 7.18. The molecule has 264 valence electrons. The Labute approximate surface area is 322 Å². The van der Waals surface area contributed by atoms with Crippen molar-refractivity contribution >= 4 is 74.1 Å². The summed E-state index contributed by atoms with van der Waals surface area (Å²) in [6.07, 6.45) is 0. The molecule has 0 saturated carbocycles. The average Bonchev–Trinajstić information content (AvgIpc) is 3.77. The second-order valence-corrected chi connectivity index (χ2v) is 20.5. The Balaban J connectivity index is 1.05. The fourth-order valence-electron chi connectivity index (χ4n) is 8.08. The topological polar surface area (TPSA) is 21.3 Å². The van der Waals surface area contributed by atoms with Crippen LogP contribution in [-0.4, -0.2) is 12.6 Å². The van der Waals surface area contributed by atoms with E-state index in [4.69, 9.17) is 4.42 Å². The molecule has 10 rings (SSSR count). The minimum Gasteiger partial charge on any atom is -0.456 e. The summed E-state index contributed by atoms with van der Waals surface area (Å²) in [7, 11) is -1.36. The highest BCUT2D eigenvalue weighted by Gasteiger charge is 2.19. The van der Waals surface area contributed by atoms with E-state index in [-0.39, 0.29) is 0 Å². The molecule has 0 unspecified atom stereocenters. The molecule has 0 aliphatic carbocycles. The number of furan rings is 1. The van der Waals surface area contributed by atoms with E-state index < -0.39 is 8.07 Å². The summed E-state index contributed by atoms with van der Waals surface area (Å²) < 4.78 is 8.74. The molecule has 3 nitrogen and oxygen atoms in total. The van der Waals surface area contributed by atoms with Gasteiger partial charge in [0.1, 0.15) is 11.2 Å². The van der Waals surface area contributed by atoms with Gasteiger partial charge in [0.15, 0.2) is 0 Å². The van der Waals surface area contributed by atoms with Crippen molar-refractivity contribution in [3.8, 4) is 27.9 Å². The third kappa shape index (κ3) is 5.83. The normalized spacial score (nSPS) is 11.9. The SMILES string of the molecule is C[Si](C)(C)c1ccc(-c2ccc(N(c3ccc(-c4ccc5c(c4)c4ccccc4n5-c4ccccc4)cc3)c3ccc4c(c3)oc3ccccc34)cc2)cc1. The molecule has 0 spiro atoms. The van der Waals surface area contributed by atoms with Gasteiger partial charge in [-0.15, -0.1) is 0 Å². The molecule has 55 heavy (non-hydrogen) atoms. The fourth-order valence-corrected chi connectivity index (χ4v) is 9.24. The summed E-state index contributed by atoms with van der Waals surface area (Å²) in [5.41, 5.74) is 13.4. The number of hydrogen-bond donors (Lipinski definition) is 0. The molecular weight excluding hydrogens is 685 g/mol. The van der Waals surface area contributed by atoms with Gasteiger partial charge < -0.3 is 13.9 Å². The summed E-state index contributed by atoms with van der Waals surface area (Å²) >= 11 is 0. The van der Waals surface area contributed by atoms with Gasteiger partial charge in [-0.2, -0.15) is 0 Å². The first kappa shape index (κ1) is 33.0. The van der Waals surface area contributed by atoms with Crippen molar-refractivity contribution in [1.82, 2.24) is 4.57 Å². The van der Waals surface area contributed by atoms with E-state index in [1.165, 1.54) is 54.9 Å². The monoisotopic (exact) mass is 724 g/mol. The van der Waals surface area contributed by atoms with Gasteiger partial charge in [-0.25, -0.2) is 0 Å². The Morgan fingerprint density at radius 1 is 0.400 bits per heavy atom. The van der Waals surface area contributed by atoms with E-state index in [0.717, 1.165) is 39.0 Å². The number of nitrogens with zero attached hydrogens (tertiary/aromatic N) is 2. The molecule has 0 aliphatic rings. The smallest absolute Gasteiger partial charge is 0.137 e. The molecule has 0 aliphatic heterocycles. The van der Waals surface area contributed by atoms with Crippen LogP contribution in [0.4, 0.5) is 17.1 Å². The standard InChI is InChI=1S/C51H40N2OSi/c1-55(2,3)43-29-21-36(22-30-43)35-17-24-40(25-18-35)52(42-28-31-46-45-14-8-10-16-50(45)54-51(46)34-42)41-26-19-37(20-27-41)38-23-32-49-47(33-38)44-13-7-9-15-48(44)53(49)39-11-5-4-6-12-39/h4-34H,1-3H3. The predicted octanol–water partition coefficient (Wildman–Crippen LogP) is 14.0. The van der Waals surface area contributed by atoms with Crippen molar-refractivity contribution in [2.45, 2.75) is 19.6 Å². The second-order valence-electron chi connectivity index (χ2n) is 15.5. The van der Waals surface area contributed by atoms with Gasteiger partial charge in [0, 0.05) is 50.4 Å². The van der Waals surface area contributed by atoms with Crippen LogP contribution in [-0.2, 0) is 0 Å². The van der Waals surface area contributed by atoms with Gasteiger partial charge in [-0.05, 0) is 95.1 Å². The zero-order valence-electron chi connectivity index (χ0n) is 31.2. The number of rotatable bonds is 7. The molecule has 8 aromatic carbocycles. The first-order valence-corrected chi connectivity index (χ1v) is 22.5. The number of hydrogen-bond acceptors (Lipinski definition) is 2. The Morgan fingerprint density at radius 3 is 1.62 bits per heavy atom. The number of anilines is 3. The molecule has 2 aromatic heterocycles. The Bertz CT molecular complexity index is 2990. The van der Waals surface area contributed by atoms with E-state index in [9.17, 15) is 0 Å². The van der Waals surface area contributed by atoms with E-state index in [2.05, 4.69) is 205 Å². The van der Waals surface area contributed by atoms with Gasteiger partial charge in [-0.1, -0.05) is 134 Å². The third-order valence-corrected chi connectivity index (χ3v) is 13.0. The molecule has 0 bridgehead atoms. The van der Waals surface area contributed by atoms with Gasteiger partial charge in [-0.3, -0.25) is 0 Å². The fraction of sp³-hybridized carbons (Fsp3) is 0.0588. The van der Waals surface area contributed by atoms with Crippen LogP contribution in [0.15, 0.2) is 192 Å². The van der Waals surface area contributed by atoms with Crippen LogP contribution in [0.1, 0.15) is 0 Å². The van der Waals surface area contributed by atoms with E-state index in [1.54, 1.807) is 0 Å². The number of benzene rings is 8. The molecule has 0 fully saturated rings. The Kier molecular flexibility index (Phi) is 7.82. The van der Waals surface area contributed by atoms with Crippen molar-refractivity contribution in [3.05, 3.63) is 188 Å². The highest BCUT2D eigenvalue weighted by Crippen LogP contribution is 2.41. The largest absolute Gasteiger partial charge is 0.456 e. The molecule has 0 amide bonds. The van der Waals surface area contributed by atoms with Gasteiger partial charge >= 0.3 is 0 Å². The van der Waals surface area contributed by atoms with E-state index in [0.29, 0.717) is 0 Å². The zero-order chi connectivity index (χ0) is 37.1. The zero-order valence-corrected chi connectivity index (χ0v) is 32.2. The maximum atomic E-state index is 6.37. The van der Waals surface area contributed by atoms with Gasteiger partial charge in [0.2, 0.25) is 0 Å². The Hall–Kier alpha value is -6.62. The molecule has 0 radical (unpaired) electrons. The molecule has 0 saturated heterocycles. The number of aromatic nitrogens is 1. The lowest BCUT2D eigenvalue weighted by Crippen LogP contribution is -2.37. The highest BCUT2D eigenvalue weighted by molar-refractivity contribution is 6.88. The van der Waals surface area contributed by atoms with Crippen molar-refractivity contribution < 1.29 is 4.42 Å². The lowest BCUT2D eigenvalue weighted by atomic mass is 10.0. The van der Waals surface area contributed by atoms with Crippen LogP contribution in [0.5, 0.6) is 0 Å². The van der Waals surface area contributed by atoms with Crippen molar-refractivity contribution in [3.63, 3.8) is 0 Å². The first-order chi connectivity index (χ1) is 26.9. The van der Waals surface area contributed by atoms with Crippen LogP contribution in [0.25, 0.3) is 71.7 Å². The molecule has 4 heteroatoms. The van der Waals surface area contributed by atoms with Crippen molar-refractivity contribution in [1.29, 1.82) is 0 Å². The van der Waals surface area contributed by atoms with Crippen LogP contribution in [0.2, 0.25) is 19.6 Å². The quantitative estimate of drug-likeness (QED) is 0.153. The van der Waals surface area contributed by atoms with Gasteiger partial charge in [0.25, 0.3) is 0 Å². The van der Waals surface area contributed by atoms with E-state index in [1.807, 2.05) is 12.1 Å². The molecule has 2 heterocycles. The van der Waals surface area contributed by atoms with E-state index >= 15 is 0 Å². The van der Waals surface area contributed by atoms with Crippen LogP contribution in [0, 0.1) is 0 Å². The summed E-state index contributed by atoms with van der Waals surface area (Å²) in [4.78, 5) is 2.32. The highest BCUT2D eigenvalue weighted by atomic mass is 28.3. The Morgan fingerprint density at radius 2 is 0.927 bits per heavy atom. The lowest BCUT2D eigenvalue weighted by molar-refractivity contribution is 0.669. The summed E-state index contributed by atoms with van der Waals surface area (Å²) in [6, 6.07) is 68.1. The summed E-state index contributed by atoms with van der Waals surface area (Å²) in [5, 5.41) is 6.23. The summed E-state index contributed by atoms with van der Waals surface area (Å²) in [5.74, 6) is 0. The van der Waals surface area contributed by atoms with Crippen LogP contribution in [0.3, 0.4) is 0 Å². The number of fused-ring (bicyclic) bond motifs is 6. The maximum Gasteiger partial charge on any atom is 0.137 e. The van der Waals surface area contributed by atoms with Crippen molar-refractivity contribution in [2.75, 3.05) is 4.90 Å². The molecular formula is C51H40N2OSi. The minimum absolute atomic E-state index is 0.877. The minimum atomic E-state index is -1.36. The van der Waals surface area contributed by atoms with Gasteiger partial charge in [0.05, 0.1) is 19.1 Å². The first-order valence-electron chi connectivity index (χ1n) is 19.0.